The molecule has 4 amide bonds. The molecule has 1 aromatic heterocycles. The Morgan fingerprint density at radius 2 is 1.78 bits per heavy atom. The van der Waals surface area contributed by atoms with Gasteiger partial charge in [0.05, 0.1) is 12.2 Å². The average molecular weight is 329 g/mol. The Balaban J connectivity index is 1.80. The topological polar surface area (TPSA) is 70.6 Å². The molecule has 2 heterocycles. The molecule has 1 fully saturated rings. The molecule has 0 radical (unpaired) electrons. The smallest absolute Gasteiger partial charge is 0.263 e. The number of benzene rings is 1. The summed E-state index contributed by atoms with van der Waals surface area (Å²) in [5.74, 6) is -1.57. The van der Waals surface area contributed by atoms with Gasteiger partial charge >= 0.3 is 17.8 Å². The van der Waals surface area contributed by atoms with Crippen molar-refractivity contribution in [3.8, 4) is 10.6 Å². The zero-order chi connectivity index (χ0) is 16.6. The molecule has 0 bridgehead atoms. The molecule has 1 aliphatic heterocycles. The van der Waals surface area contributed by atoms with Gasteiger partial charge in [0.1, 0.15) is 5.01 Å². The molecule has 0 spiro atoms. The average Bonchev–Trinajstić information content (AvgIpc) is 3.08. The van der Waals surface area contributed by atoms with Crippen LogP contribution in [0, 0.1) is 0 Å². The number of thiazole rings is 1. The van der Waals surface area contributed by atoms with Crippen molar-refractivity contribution in [2.75, 3.05) is 0 Å². The number of aromatic nitrogens is 1. The van der Waals surface area contributed by atoms with Crippen molar-refractivity contribution >= 4 is 29.2 Å². The van der Waals surface area contributed by atoms with E-state index in [-0.39, 0.29) is 12.6 Å². The lowest BCUT2D eigenvalue weighted by atomic mass is 10.2. The van der Waals surface area contributed by atoms with Gasteiger partial charge < -0.3 is 0 Å². The van der Waals surface area contributed by atoms with Crippen molar-refractivity contribution in [2.45, 2.75) is 26.4 Å². The Kier molecular flexibility index (Phi) is 3.96. The second-order valence-electron chi connectivity index (χ2n) is 5.45. The van der Waals surface area contributed by atoms with E-state index in [1.165, 1.54) is 11.3 Å². The zero-order valence-electron chi connectivity index (χ0n) is 12.7. The molecule has 0 N–H and O–H groups in total. The molecule has 0 aliphatic carbocycles. The van der Waals surface area contributed by atoms with Crippen molar-refractivity contribution in [2.24, 2.45) is 0 Å². The standard InChI is InChI=1S/C16H15N3O3S/c1-10(2)19-15(21)14(20)18(16(19)22)8-12-9-23-13(17-12)11-6-4-3-5-7-11/h3-7,9-10H,8H2,1-2H3. The zero-order valence-corrected chi connectivity index (χ0v) is 13.5. The maximum Gasteiger partial charge on any atom is 0.334 e. The normalized spacial score (nSPS) is 15.2. The lowest BCUT2D eigenvalue weighted by Crippen LogP contribution is -2.37. The Morgan fingerprint density at radius 1 is 1.09 bits per heavy atom. The van der Waals surface area contributed by atoms with Crippen LogP contribution in [0.25, 0.3) is 10.6 Å². The summed E-state index contributed by atoms with van der Waals surface area (Å²) >= 11 is 1.44. The summed E-state index contributed by atoms with van der Waals surface area (Å²) in [6.07, 6.45) is 0. The summed E-state index contributed by atoms with van der Waals surface area (Å²) in [5.41, 5.74) is 1.57. The second kappa shape index (κ2) is 5.92. The first-order valence-corrected chi connectivity index (χ1v) is 8.06. The van der Waals surface area contributed by atoms with Crippen molar-refractivity contribution in [3.63, 3.8) is 0 Å². The highest BCUT2D eigenvalue weighted by Gasteiger charge is 2.45. The lowest BCUT2D eigenvalue weighted by Gasteiger charge is -2.17. The molecule has 1 aliphatic rings. The Hall–Kier alpha value is -2.54. The number of hydrogen-bond acceptors (Lipinski definition) is 5. The van der Waals surface area contributed by atoms with Crippen LogP contribution in [0.1, 0.15) is 19.5 Å². The monoisotopic (exact) mass is 329 g/mol. The van der Waals surface area contributed by atoms with E-state index in [9.17, 15) is 14.4 Å². The largest absolute Gasteiger partial charge is 0.334 e. The van der Waals surface area contributed by atoms with Gasteiger partial charge in [-0.05, 0) is 13.8 Å². The number of rotatable bonds is 4. The first-order valence-electron chi connectivity index (χ1n) is 7.18. The summed E-state index contributed by atoms with van der Waals surface area (Å²) in [4.78, 5) is 42.5. The molecule has 7 heteroatoms. The Morgan fingerprint density at radius 3 is 2.39 bits per heavy atom. The molecule has 118 valence electrons. The fourth-order valence-electron chi connectivity index (χ4n) is 2.37. The maximum atomic E-state index is 12.2. The number of amides is 4. The molecule has 3 rings (SSSR count). The van der Waals surface area contributed by atoms with Gasteiger partial charge in [-0.15, -0.1) is 11.3 Å². The maximum absolute atomic E-state index is 12.2. The highest BCUT2D eigenvalue weighted by molar-refractivity contribution is 7.13. The fourth-order valence-corrected chi connectivity index (χ4v) is 3.19. The van der Waals surface area contributed by atoms with Crippen LogP contribution in [-0.2, 0) is 16.1 Å². The van der Waals surface area contributed by atoms with Crippen LogP contribution in [0.2, 0.25) is 0 Å². The van der Waals surface area contributed by atoms with Gasteiger partial charge in [-0.3, -0.25) is 14.5 Å². The van der Waals surface area contributed by atoms with Gasteiger partial charge in [0.15, 0.2) is 0 Å². The van der Waals surface area contributed by atoms with Gasteiger partial charge in [0.2, 0.25) is 0 Å². The third-order valence-corrected chi connectivity index (χ3v) is 4.43. The van der Waals surface area contributed by atoms with Gasteiger partial charge in [0, 0.05) is 17.0 Å². The Bertz CT molecular complexity index is 770. The van der Waals surface area contributed by atoms with Crippen LogP contribution in [0.15, 0.2) is 35.7 Å². The number of imide groups is 2. The molecule has 0 unspecified atom stereocenters. The molecule has 0 saturated carbocycles. The highest BCUT2D eigenvalue weighted by Crippen LogP contribution is 2.25. The number of urea groups is 1. The van der Waals surface area contributed by atoms with E-state index < -0.39 is 17.8 Å². The number of nitrogens with zero attached hydrogens (tertiary/aromatic N) is 3. The summed E-state index contributed by atoms with van der Waals surface area (Å²) < 4.78 is 0. The number of hydrogen-bond donors (Lipinski definition) is 0. The van der Waals surface area contributed by atoms with E-state index in [4.69, 9.17) is 0 Å². The minimum Gasteiger partial charge on any atom is -0.263 e. The van der Waals surface area contributed by atoms with Crippen molar-refractivity contribution in [3.05, 3.63) is 41.4 Å². The molecule has 23 heavy (non-hydrogen) atoms. The SMILES string of the molecule is CC(C)N1C(=O)C(=O)N(Cc2csc(-c3ccccc3)n2)C1=O. The quantitative estimate of drug-likeness (QED) is 0.638. The minimum atomic E-state index is -0.794. The van der Waals surface area contributed by atoms with E-state index in [0.29, 0.717) is 5.69 Å². The Labute approximate surface area is 137 Å². The summed E-state index contributed by atoms with van der Waals surface area (Å²) in [5, 5.41) is 2.61. The van der Waals surface area contributed by atoms with Crippen molar-refractivity contribution in [1.82, 2.24) is 14.8 Å². The van der Waals surface area contributed by atoms with Gasteiger partial charge in [-0.2, -0.15) is 0 Å². The number of carbonyl (C=O) groups excluding carboxylic acids is 3. The molecular weight excluding hydrogens is 314 g/mol. The van der Waals surface area contributed by atoms with Crippen LogP contribution < -0.4 is 0 Å². The third kappa shape index (κ3) is 2.75. The van der Waals surface area contributed by atoms with Gasteiger partial charge in [0.25, 0.3) is 0 Å². The van der Waals surface area contributed by atoms with Crippen LogP contribution in [0.4, 0.5) is 4.79 Å². The second-order valence-corrected chi connectivity index (χ2v) is 6.31. The summed E-state index contributed by atoms with van der Waals surface area (Å²) in [7, 11) is 0. The van der Waals surface area contributed by atoms with Gasteiger partial charge in [-0.1, -0.05) is 30.3 Å². The summed E-state index contributed by atoms with van der Waals surface area (Å²) in [6.45, 7) is 3.40. The van der Waals surface area contributed by atoms with E-state index >= 15 is 0 Å². The molecule has 1 saturated heterocycles. The molecule has 0 atom stereocenters. The van der Waals surface area contributed by atoms with Crippen LogP contribution in [0.5, 0.6) is 0 Å². The van der Waals surface area contributed by atoms with Crippen LogP contribution in [0.3, 0.4) is 0 Å². The molecular formula is C16H15N3O3S. The van der Waals surface area contributed by atoms with E-state index in [1.807, 2.05) is 30.3 Å². The number of carbonyl (C=O) groups is 3. The van der Waals surface area contributed by atoms with E-state index in [1.54, 1.807) is 19.2 Å². The van der Waals surface area contributed by atoms with Crippen LogP contribution >= 0.6 is 11.3 Å². The van der Waals surface area contributed by atoms with Crippen LogP contribution in [-0.4, -0.2) is 38.7 Å². The van der Waals surface area contributed by atoms with Crippen molar-refractivity contribution < 1.29 is 14.4 Å². The fraction of sp³-hybridized carbons (Fsp3) is 0.250. The highest BCUT2D eigenvalue weighted by atomic mass is 32.1. The van der Waals surface area contributed by atoms with Crippen molar-refractivity contribution in [1.29, 1.82) is 0 Å². The minimum absolute atomic E-state index is 0.00988. The van der Waals surface area contributed by atoms with Gasteiger partial charge in [-0.25, -0.2) is 14.7 Å². The predicted octanol–water partition coefficient (Wildman–Crippen LogP) is 2.51. The first-order chi connectivity index (χ1) is 11.0. The predicted molar refractivity (Wildman–Crippen MR) is 85.5 cm³/mol. The van der Waals surface area contributed by atoms with E-state index in [0.717, 1.165) is 20.4 Å². The summed E-state index contributed by atoms with van der Waals surface area (Å²) in [6, 6.07) is 8.72. The third-order valence-electron chi connectivity index (χ3n) is 3.49. The molecule has 6 nitrogen and oxygen atoms in total. The first kappa shape index (κ1) is 15.4. The lowest BCUT2D eigenvalue weighted by molar-refractivity contribution is -0.144. The molecule has 1 aromatic carbocycles. The molecule has 2 aromatic rings. The van der Waals surface area contributed by atoms with E-state index in [2.05, 4.69) is 4.98 Å².